The topological polar surface area (TPSA) is 81.9 Å². The number of nitrogens with zero attached hydrogens (tertiary/aromatic N) is 2. The highest BCUT2D eigenvalue weighted by atomic mass is 32.2. The first-order valence-corrected chi connectivity index (χ1v) is 10.4. The zero-order valence-corrected chi connectivity index (χ0v) is 16.8. The lowest BCUT2D eigenvalue weighted by Gasteiger charge is -2.13. The number of methoxy groups -OCH3 is 1. The van der Waals surface area contributed by atoms with Crippen molar-refractivity contribution < 1.29 is 22.3 Å². The third-order valence-corrected chi connectivity index (χ3v) is 5.73. The molecule has 4 rings (SSSR count). The van der Waals surface area contributed by atoms with Crippen LogP contribution in [0.5, 0.6) is 11.5 Å². The number of anilines is 1. The fraction of sp³-hybridized carbons (Fsp3) is 0.0952. The SMILES string of the molecule is COc1ccc(NS(=O)(=O)c2ccc(F)cc2)cc1OCc1cn2ccccc2n1. The molecule has 0 spiro atoms. The molecule has 0 radical (unpaired) electrons. The van der Waals surface area contributed by atoms with Crippen LogP contribution in [0, 0.1) is 5.82 Å². The van der Waals surface area contributed by atoms with Crippen molar-refractivity contribution in [2.24, 2.45) is 0 Å². The third kappa shape index (κ3) is 4.20. The van der Waals surface area contributed by atoms with Crippen LogP contribution in [-0.2, 0) is 16.6 Å². The Hall–Kier alpha value is -3.59. The van der Waals surface area contributed by atoms with Gasteiger partial charge in [-0.1, -0.05) is 6.07 Å². The molecule has 0 atom stereocenters. The molecule has 0 unspecified atom stereocenters. The van der Waals surface area contributed by atoms with Crippen molar-refractivity contribution in [1.29, 1.82) is 0 Å². The Morgan fingerprint density at radius 1 is 1.07 bits per heavy atom. The van der Waals surface area contributed by atoms with Gasteiger partial charge in [-0.2, -0.15) is 0 Å². The van der Waals surface area contributed by atoms with Crippen LogP contribution in [0.3, 0.4) is 0 Å². The summed E-state index contributed by atoms with van der Waals surface area (Å²) in [5.41, 5.74) is 1.79. The van der Waals surface area contributed by atoms with Crippen molar-refractivity contribution in [3.05, 3.63) is 84.6 Å². The van der Waals surface area contributed by atoms with E-state index in [0.717, 1.165) is 17.8 Å². The van der Waals surface area contributed by atoms with Crippen LogP contribution >= 0.6 is 0 Å². The van der Waals surface area contributed by atoms with Crippen molar-refractivity contribution in [3.63, 3.8) is 0 Å². The second-order valence-electron chi connectivity index (χ2n) is 6.41. The van der Waals surface area contributed by atoms with Crippen LogP contribution in [0.2, 0.25) is 0 Å². The van der Waals surface area contributed by atoms with E-state index in [2.05, 4.69) is 9.71 Å². The van der Waals surface area contributed by atoms with Crippen LogP contribution in [0.1, 0.15) is 5.69 Å². The lowest BCUT2D eigenvalue weighted by atomic mass is 10.3. The van der Waals surface area contributed by atoms with Crippen LogP contribution < -0.4 is 14.2 Å². The van der Waals surface area contributed by atoms with E-state index in [1.165, 1.54) is 25.3 Å². The molecule has 30 heavy (non-hydrogen) atoms. The van der Waals surface area contributed by atoms with E-state index in [0.29, 0.717) is 17.2 Å². The number of nitrogens with one attached hydrogen (secondary N) is 1. The summed E-state index contributed by atoms with van der Waals surface area (Å²) in [4.78, 5) is 4.42. The van der Waals surface area contributed by atoms with Crippen molar-refractivity contribution >= 4 is 21.4 Å². The van der Waals surface area contributed by atoms with Crippen molar-refractivity contribution in [2.75, 3.05) is 11.8 Å². The summed E-state index contributed by atoms with van der Waals surface area (Å²) in [7, 11) is -2.38. The summed E-state index contributed by atoms with van der Waals surface area (Å²) in [6.07, 6.45) is 3.74. The van der Waals surface area contributed by atoms with Crippen LogP contribution in [0.15, 0.2) is 78.0 Å². The van der Waals surface area contributed by atoms with E-state index in [1.807, 2.05) is 35.0 Å². The molecule has 0 aliphatic rings. The summed E-state index contributed by atoms with van der Waals surface area (Å²) in [6, 6.07) is 14.9. The smallest absolute Gasteiger partial charge is 0.261 e. The Morgan fingerprint density at radius 2 is 1.87 bits per heavy atom. The summed E-state index contributed by atoms with van der Waals surface area (Å²) < 4.78 is 53.6. The normalized spacial score (nSPS) is 11.4. The summed E-state index contributed by atoms with van der Waals surface area (Å²) in [6.45, 7) is 0.173. The van der Waals surface area contributed by atoms with Gasteiger partial charge in [0.05, 0.1) is 23.4 Å². The van der Waals surface area contributed by atoms with E-state index in [9.17, 15) is 12.8 Å². The predicted molar refractivity (Wildman–Crippen MR) is 110 cm³/mol. The highest BCUT2D eigenvalue weighted by Gasteiger charge is 2.16. The maximum Gasteiger partial charge on any atom is 0.261 e. The number of halogens is 1. The van der Waals surface area contributed by atoms with Gasteiger partial charge in [0.1, 0.15) is 18.1 Å². The van der Waals surface area contributed by atoms with Crippen molar-refractivity contribution in [3.8, 4) is 11.5 Å². The number of imidazole rings is 1. The molecular formula is C21H18FN3O4S. The minimum atomic E-state index is -3.88. The zero-order chi connectivity index (χ0) is 21.1. The van der Waals surface area contributed by atoms with Crippen LogP contribution in [-0.4, -0.2) is 24.9 Å². The Balaban J connectivity index is 1.54. The standard InChI is InChI=1S/C21H18FN3O4S/c1-28-19-10-7-16(24-30(26,27)18-8-5-15(22)6-9-18)12-20(19)29-14-17-13-25-11-3-2-4-21(25)23-17/h2-13,24H,14H2,1H3. The van der Waals surface area contributed by atoms with Gasteiger partial charge < -0.3 is 13.9 Å². The second kappa shape index (κ2) is 8.03. The number of hydrogen-bond donors (Lipinski definition) is 1. The van der Waals surface area contributed by atoms with E-state index in [-0.39, 0.29) is 17.2 Å². The number of aromatic nitrogens is 2. The quantitative estimate of drug-likeness (QED) is 0.484. The Bertz CT molecular complexity index is 1250. The maximum absolute atomic E-state index is 13.1. The first-order valence-electron chi connectivity index (χ1n) is 8.96. The monoisotopic (exact) mass is 427 g/mol. The molecule has 0 saturated carbocycles. The van der Waals surface area contributed by atoms with Crippen LogP contribution in [0.4, 0.5) is 10.1 Å². The van der Waals surface area contributed by atoms with Crippen molar-refractivity contribution in [2.45, 2.75) is 11.5 Å². The lowest BCUT2D eigenvalue weighted by Crippen LogP contribution is -2.13. The molecule has 7 nitrogen and oxygen atoms in total. The van der Waals surface area contributed by atoms with Gasteiger partial charge in [-0.25, -0.2) is 17.8 Å². The second-order valence-corrected chi connectivity index (χ2v) is 8.09. The molecule has 0 aliphatic heterocycles. The average Bonchev–Trinajstić information content (AvgIpc) is 3.15. The first-order chi connectivity index (χ1) is 14.4. The lowest BCUT2D eigenvalue weighted by molar-refractivity contribution is 0.281. The molecule has 0 aliphatic carbocycles. The fourth-order valence-corrected chi connectivity index (χ4v) is 3.94. The zero-order valence-electron chi connectivity index (χ0n) is 15.9. The molecule has 2 aromatic heterocycles. The Morgan fingerprint density at radius 3 is 2.60 bits per heavy atom. The average molecular weight is 427 g/mol. The van der Waals surface area contributed by atoms with Gasteiger partial charge in [0.15, 0.2) is 11.5 Å². The molecule has 2 heterocycles. The largest absolute Gasteiger partial charge is 0.493 e. The maximum atomic E-state index is 13.1. The number of sulfonamides is 1. The minimum absolute atomic E-state index is 0.0492. The third-order valence-electron chi connectivity index (χ3n) is 4.33. The number of ether oxygens (including phenoxy) is 2. The number of rotatable bonds is 7. The van der Waals surface area contributed by atoms with Gasteiger partial charge in [0, 0.05) is 18.5 Å². The van der Waals surface area contributed by atoms with Gasteiger partial charge in [0.25, 0.3) is 10.0 Å². The number of fused-ring (bicyclic) bond motifs is 1. The van der Waals surface area contributed by atoms with E-state index < -0.39 is 15.8 Å². The van der Waals surface area contributed by atoms with E-state index in [1.54, 1.807) is 12.1 Å². The fourth-order valence-electron chi connectivity index (χ4n) is 2.89. The van der Waals surface area contributed by atoms with Gasteiger partial charge in [-0.3, -0.25) is 4.72 Å². The highest BCUT2D eigenvalue weighted by molar-refractivity contribution is 7.92. The molecule has 0 fully saturated rings. The summed E-state index contributed by atoms with van der Waals surface area (Å²) >= 11 is 0. The molecule has 0 amide bonds. The molecule has 154 valence electrons. The Labute approximate surface area is 172 Å². The first kappa shape index (κ1) is 19.7. The minimum Gasteiger partial charge on any atom is -0.493 e. The van der Waals surface area contributed by atoms with Gasteiger partial charge in [-0.15, -0.1) is 0 Å². The molecule has 9 heteroatoms. The van der Waals surface area contributed by atoms with Gasteiger partial charge >= 0.3 is 0 Å². The highest BCUT2D eigenvalue weighted by Crippen LogP contribution is 2.32. The van der Waals surface area contributed by atoms with Gasteiger partial charge in [-0.05, 0) is 48.5 Å². The van der Waals surface area contributed by atoms with Crippen molar-refractivity contribution in [1.82, 2.24) is 9.38 Å². The van der Waals surface area contributed by atoms with Crippen LogP contribution in [0.25, 0.3) is 5.65 Å². The number of pyridine rings is 1. The molecule has 2 aromatic carbocycles. The molecule has 0 bridgehead atoms. The molecule has 1 N–H and O–H groups in total. The summed E-state index contributed by atoms with van der Waals surface area (Å²) in [5.74, 6) is 0.290. The molecule has 0 saturated heterocycles. The number of hydrogen-bond acceptors (Lipinski definition) is 5. The molecular weight excluding hydrogens is 409 g/mol. The van der Waals surface area contributed by atoms with E-state index >= 15 is 0 Å². The van der Waals surface area contributed by atoms with Gasteiger partial charge in [0.2, 0.25) is 0 Å². The molecule has 4 aromatic rings. The summed E-state index contributed by atoms with van der Waals surface area (Å²) in [5, 5.41) is 0. The number of benzene rings is 2. The Kier molecular flexibility index (Phi) is 5.28. The van der Waals surface area contributed by atoms with E-state index in [4.69, 9.17) is 9.47 Å². The predicted octanol–water partition coefficient (Wildman–Crippen LogP) is 3.86.